The molecule has 0 spiro atoms. The molecule has 2 aromatic carbocycles. The molecule has 2 amide bonds. The summed E-state index contributed by atoms with van der Waals surface area (Å²) in [7, 11) is 0. The number of Topliss-reactive ketones (excluding diaryl/α,β-unsaturated/α-hetero) is 1. The third-order valence-corrected chi connectivity index (χ3v) is 6.88. The topological polar surface area (TPSA) is 92.8 Å². The molecule has 0 aromatic heterocycles. The van der Waals surface area contributed by atoms with Crippen LogP contribution in [0.5, 0.6) is 0 Å². The minimum absolute atomic E-state index is 0.0260. The van der Waals surface area contributed by atoms with Crippen LogP contribution in [0.2, 0.25) is 0 Å². The number of anilines is 2. The summed E-state index contributed by atoms with van der Waals surface area (Å²) in [5, 5.41) is 2.77. The van der Waals surface area contributed by atoms with Gasteiger partial charge in [0.15, 0.2) is 12.4 Å². The summed E-state index contributed by atoms with van der Waals surface area (Å²) in [5.41, 5.74) is 3.07. The summed E-state index contributed by atoms with van der Waals surface area (Å²) in [4.78, 5) is 52.6. The van der Waals surface area contributed by atoms with E-state index in [0.717, 1.165) is 30.5 Å². The number of carbonyl (C=O) groups excluding carboxylic acids is 4. The maximum absolute atomic E-state index is 13.4. The molecule has 0 bridgehead atoms. The fourth-order valence-corrected chi connectivity index (χ4v) is 4.83. The van der Waals surface area contributed by atoms with Crippen LogP contribution in [-0.4, -0.2) is 36.7 Å². The Labute approximate surface area is 205 Å². The lowest BCUT2D eigenvalue weighted by Gasteiger charge is -2.32. The second-order valence-electron chi connectivity index (χ2n) is 9.62. The summed E-state index contributed by atoms with van der Waals surface area (Å²) in [6, 6.07) is 14.4. The molecule has 1 aliphatic heterocycles. The molecule has 1 aliphatic carbocycles. The third kappa shape index (κ3) is 5.61. The number of para-hydroxylation sites is 1. The first kappa shape index (κ1) is 24.6. The van der Waals surface area contributed by atoms with Gasteiger partial charge in [-0.1, -0.05) is 44.9 Å². The number of ether oxygens (including phenoxy) is 1. The van der Waals surface area contributed by atoms with E-state index >= 15 is 0 Å². The van der Waals surface area contributed by atoms with Gasteiger partial charge in [0.25, 0.3) is 0 Å². The van der Waals surface area contributed by atoms with Gasteiger partial charge in [0.05, 0.1) is 11.8 Å². The highest BCUT2D eigenvalue weighted by Crippen LogP contribution is 2.36. The standard InChI is InChI=1S/C28H32N2O5/c1-18(2)26(32)29-21-13-11-20(12-14-21)25(31)17-35-28(34)23-9-5-4-8-22(23)27(33)30-16-15-19-7-3-6-10-24(19)30/h3,6-7,10-14,18,22-23H,4-5,8-9,15-17H2,1-2H3,(H,29,32). The molecule has 7 heteroatoms. The SMILES string of the molecule is CC(C)C(=O)Nc1ccc(C(=O)COC(=O)C2CCCCC2C(=O)N2CCc3ccccc32)cc1. The van der Waals surface area contributed by atoms with Crippen molar-refractivity contribution in [1.82, 2.24) is 0 Å². The normalized spacial score (nSPS) is 19.2. The molecule has 0 saturated heterocycles. The van der Waals surface area contributed by atoms with Gasteiger partial charge < -0.3 is 15.0 Å². The van der Waals surface area contributed by atoms with Crippen molar-refractivity contribution in [1.29, 1.82) is 0 Å². The summed E-state index contributed by atoms with van der Waals surface area (Å²) in [6.45, 7) is 3.86. The van der Waals surface area contributed by atoms with Crippen LogP contribution >= 0.6 is 0 Å². The van der Waals surface area contributed by atoms with Gasteiger partial charge >= 0.3 is 5.97 Å². The maximum Gasteiger partial charge on any atom is 0.310 e. The Morgan fingerprint density at radius 3 is 2.37 bits per heavy atom. The van der Waals surface area contributed by atoms with Gasteiger partial charge in [0.2, 0.25) is 11.8 Å². The molecule has 2 unspecified atom stereocenters. The Kier molecular flexibility index (Phi) is 7.63. The highest BCUT2D eigenvalue weighted by atomic mass is 16.5. The molecule has 1 heterocycles. The fourth-order valence-electron chi connectivity index (χ4n) is 4.83. The van der Waals surface area contributed by atoms with Crippen LogP contribution in [0.3, 0.4) is 0 Å². The zero-order valence-electron chi connectivity index (χ0n) is 20.3. The number of amides is 2. The summed E-state index contributed by atoms with van der Waals surface area (Å²) in [5.74, 6) is -2.05. The second-order valence-corrected chi connectivity index (χ2v) is 9.62. The molecule has 184 valence electrons. The fraction of sp³-hybridized carbons (Fsp3) is 0.429. The van der Waals surface area contributed by atoms with E-state index in [4.69, 9.17) is 4.74 Å². The van der Waals surface area contributed by atoms with Crippen molar-refractivity contribution >= 4 is 34.9 Å². The van der Waals surface area contributed by atoms with E-state index in [1.807, 2.05) is 24.3 Å². The maximum atomic E-state index is 13.4. The molecule has 2 atom stereocenters. The number of nitrogens with one attached hydrogen (secondary N) is 1. The first-order valence-electron chi connectivity index (χ1n) is 12.3. The Hall–Kier alpha value is -3.48. The zero-order chi connectivity index (χ0) is 24.9. The van der Waals surface area contributed by atoms with Gasteiger partial charge in [0, 0.05) is 29.4 Å². The summed E-state index contributed by atoms with van der Waals surface area (Å²) in [6.07, 6.45) is 3.81. The quantitative estimate of drug-likeness (QED) is 0.472. The van der Waals surface area contributed by atoms with Crippen molar-refractivity contribution in [2.24, 2.45) is 17.8 Å². The van der Waals surface area contributed by atoms with Crippen molar-refractivity contribution in [2.45, 2.75) is 46.0 Å². The van der Waals surface area contributed by atoms with Gasteiger partial charge in [-0.3, -0.25) is 19.2 Å². The minimum atomic E-state index is -0.537. The molecule has 1 N–H and O–H groups in total. The second kappa shape index (κ2) is 10.8. The molecule has 4 rings (SSSR count). The number of fused-ring (bicyclic) bond motifs is 1. The van der Waals surface area contributed by atoms with Crippen LogP contribution in [0.4, 0.5) is 11.4 Å². The number of esters is 1. The predicted octanol–water partition coefficient (Wildman–Crippen LogP) is 4.40. The van der Waals surface area contributed by atoms with E-state index in [0.29, 0.717) is 30.6 Å². The van der Waals surface area contributed by atoms with Gasteiger partial charge in [-0.05, 0) is 55.2 Å². The Morgan fingerprint density at radius 1 is 0.971 bits per heavy atom. The first-order chi connectivity index (χ1) is 16.8. The number of rotatable bonds is 7. The van der Waals surface area contributed by atoms with Crippen molar-refractivity contribution < 1.29 is 23.9 Å². The van der Waals surface area contributed by atoms with Crippen LogP contribution in [0.25, 0.3) is 0 Å². The molecule has 0 radical (unpaired) electrons. The van der Waals surface area contributed by atoms with Crippen molar-refractivity contribution in [3.63, 3.8) is 0 Å². The van der Waals surface area contributed by atoms with E-state index in [2.05, 4.69) is 5.32 Å². The number of nitrogens with zero attached hydrogens (tertiary/aromatic N) is 1. The first-order valence-corrected chi connectivity index (χ1v) is 12.3. The van der Waals surface area contributed by atoms with Crippen molar-refractivity contribution in [2.75, 3.05) is 23.4 Å². The Balaban J connectivity index is 1.35. The van der Waals surface area contributed by atoms with E-state index in [1.165, 1.54) is 0 Å². The van der Waals surface area contributed by atoms with Crippen LogP contribution in [0.1, 0.15) is 55.5 Å². The number of hydrogen-bond acceptors (Lipinski definition) is 5. The number of hydrogen-bond donors (Lipinski definition) is 1. The van der Waals surface area contributed by atoms with Crippen molar-refractivity contribution in [3.8, 4) is 0 Å². The smallest absolute Gasteiger partial charge is 0.310 e. The number of ketones is 1. The average molecular weight is 477 g/mol. The highest BCUT2D eigenvalue weighted by molar-refractivity contribution is 6.01. The van der Waals surface area contributed by atoms with Gasteiger partial charge in [-0.2, -0.15) is 0 Å². The van der Waals surface area contributed by atoms with E-state index in [9.17, 15) is 19.2 Å². The lowest BCUT2D eigenvalue weighted by Crippen LogP contribution is -2.42. The molecule has 2 aliphatic rings. The lowest BCUT2D eigenvalue weighted by atomic mass is 9.78. The molecule has 35 heavy (non-hydrogen) atoms. The molecular formula is C28H32N2O5. The average Bonchev–Trinajstić information content (AvgIpc) is 3.31. The van der Waals surface area contributed by atoms with E-state index in [-0.39, 0.29) is 30.1 Å². The predicted molar refractivity (Wildman–Crippen MR) is 133 cm³/mol. The van der Waals surface area contributed by atoms with Crippen LogP contribution in [0, 0.1) is 17.8 Å². The molecule has 7 nitrogen and oxygen atoms in total. The Morgan fingerprint density at radius 2 is 1.66 bits per heavy atom. The van der Waals surface area contributed by atoms with Crippen LogP contribution < -0.4 is 10.2 Å². The number of carbonyl (C=O) groups is 4. The Bertz CT molecular complexity index is 1110. The summed E-state index contributed by atoms with van der Waals surface area (Å²) >= 11 is 0. The van der Waals surface area contributed by atoms with Crippen molar-refractivity contribution in [3.05, 3.63) is 59.7 Å². The number of benzene rings is 2. The molecule has 1 fully saturated rings. The van der Waals surface area contributed by atoms with E-state index < -0.39 is 17.8 Å². The minimum Gasteiger partial charge on any atom is -0.457 e. The highest BCUT2D eigenvalue weighted by Gasteiger charge is 2.40. The third-order valence-electron chi connectivity index (χ3n) is 6.88. The van der Waals surface area contributed by atoms with Crippen LogP contribution in [-0.2, 0) is 25.5 Å². The lowest BCUT2D eigenvalue weighted by molar-refractivity contribution is -0.153. The summed E-state index contributed by atoms with van der Waals surface area (Å²) < 4.78 is 5.41. The van der Waals surface area contributed by atoms with E-state index in [1.54, 1.807) is 43.0 Å². The largest absolute Gasteiger partial charge is 0.457 e. The molecular weight excluding hydrogens is 444 g/mol. The van der Waals surface area contributed by atoms with Gasteiger partial charge in [0.1, 0.15) is 0 Å². The van der Waals surface area contributed by atoms with Gasteiger partial charge in [-0.25, -0.2) is 0 Å². The zero-order valence-corrected chi connectivity index (χ0v) is 20.3. The molecule has 2 aromatic rings. The van der Waals surface area contributed by atoms with Crippen LogP contribution in [0.15, 0.2) is 48.5 Å². The monoisotopic (exact) mass is 476 g/mol. The van der Waals surface area contributed by atoms with Gasteiger partial charge in [-0.15, -0.1) is 0 Å². The molecule has 1 saturated carbocycles.